The normalized spacial score (nSPS) is 11.9. The summed E-state index contributed by atoms with van der Waals surface area (Å²) in [4.78, 5) is 33.6. The number of nitrogens with one attached hydrogen (secondary N) is 1. The Morgan fingerprint density at radius 3 is 2.19 bits per heavy atom. The molecule has 1 aromatic carbocycles. The topological polar surface area (TPSA) is 104 Å². The number of hydrogen-bond acceptors (Lipinski definition) is 4. The number of ketones is 1. The van der Waals surface area contributed by atoms with E-state index in [2.05, 4.69) is 5.32 Å². The standard InChI is InChI=1S/C15H19NO5/c1-2-10-3-5-11(6-4-10)15(21)12(9-14(19)20)16-8-7-13(17)18/h3-6,12,16H,2,7-9H2,1H3,(H,17,18)(H,19,20). The van der Waals surface area contributed by atoms with Crippen molar-refractivity contribution in [3.8, 4) is 0 Å². The molecule has 0 saturated carbocycles. The van der Waals surface area contributed by atoms with Gasteiger partial charge in [0.25, 0.3) is 0 Å². The van der Waals surface area contributed by atoms with E-state index in [4.69, 9.17) is 10.2 Å². The molecule has 0 amide bonds. The maximum Gasteiger partial charge on any atom is 0.305 e. The van der Waals surface area contributed by atoms with Gasteiger partial charge in [0.15, 0.2) is 5.78 Å². The van der Waals surface area contributed by atoms with Gasteiger partial charge in [-0.1, -0.05) is 31.2 Å². The Bertz CT molecular complexity index is 509. The van der Waals surface area contributed by atoms with Crippen molar-refractivity contribution in [1.82, 2.24) is 5.32 Å². The van der Waals surface area contributed by atoms with Crippen LogP contribution in [0.3, 0.4) is 0 Å². The molecule has 0 aliphatic rings. The molecule has 6 heteroatoms. The molecule has 1 atom stereocenters. The van der Waals surface area contributed by atoms with Crippen LogP contribution >= 0.6 is 0 Å². The number of rotatable bonds is 9. The highest BCUT2D eigenvalue weighted by Crippen LogP contribution is 2.10. The van der Waals surface area contributed by atoms with E-state index in [0.717, 1.165) is 12.0 Å². The fraction of sp³-hybridized carbons (Fsp3) is 0.400. The SMILES string of the molecule is CCc1ccc(C(=O)C(CC(=O)O)NCCC(=O)O)cc1. The molecule has 0 fully saturated rings. The average Bonchev–Trinajstić information content (AvgIpc) is 2.45. The second-order valence-corrected chi connectivity index (χ2v) is 4.66. The van der Waals surface area contributed by atoms with Crippen LogP contribution in [0.4, 0.5) is 0 Å². The third kappa shape index (κ3) is 5.74. The van der Waals surface area contributed by atoms with E-state index in [-0.39, 0.29) is 25.2 Å². The van der Waals surface area contributed by atoms with Crippen LogP contribution in [-0.4, -0.2) is 40.5 Å². The Labute approximate surface area is 122 Å². The molecule has 3 N–H and O–H groups in total. The van der Waals surface area contributed by atoms with Crippen molar-refractivity contribution in [2.24, 2.45) is 0 Å². The van der Waals surface area contributed by atoms with Gasteiger partial charge in [-0.2, -0.15) is 0 Å². The first-order chi connectivity index (χ1) is 9.93. The molecule has 6 nitrogen and oxygen atoms in total. The number of carbonyl (C=O) groups is 3. The van der Waals surface area contributed by atoms with E-state index in [1.54, 1.807) is 12.1 Å². The maximum atomic E-state index is 12.3. The Morgan fingerprint density at radius 2 is 1.71 bits per heavy atom. The monoisotopic (exact) mass is 293 g/mol. The van der Waals surface area contributed by atoms with E-state index in [9.17, 15) is 14.4 Å². The van der Waals surface area contributed by atoms with Gasteiger partial charge in [-0.3, -0.25) is 14.4 Å². The number of carboxylic acids is 2. The first-order valence-corrected chi connectivity index (χ1v) is 6.74. The van der Waals surface area contributed by atoms with Gasteiger partial charge in [-0.05, 0) is 12.0 Å². The summed E-state index contributed by atoms with van der Waals surface area (Å²) in [7, 11) is 0. The van der Waals surface area contributed by atoms with Crippen LogP contribution in [0.15, 0.2) is 24.3 Å². The molecule has 0 aliphatic carbocycles. The van der Waals surface area contributed by atoms with E-state index < -0.39 is 18.0 Å². The molecular formula is C15H19NO5. The highest BCUT2D eigenvalue weighted by atomic mass is 16.4. The van der Waals surface area contributed by atoms with Crippen molar-refractivity contribution in [2.45, 2.75) is 32.2 Å². The number of aliphatic carboxylic acids is 2. The number of carbonyl (C=O) groups excluding carboxylic acids is 1. The van der Waals surface area contributed by atoms with Gasteiger partial charge in [0.05, 0.1) is 18.9 Å². The quantitative estimate of drug-likeness (QED) is 0.594. The van der Waals surface area contributed by atoms with Crippen molar-refractivity contribution in [3.63, 3.8) is 0 Å². The summed E-state index contributed by atoms with van der Waals surface area (Å²) >= 11 is 0. The van der Waals surface area contributed by atoms with Crippen LogP contribution in [0.1, 0.15) is 35.7 Å². The Morgan fingerprint density at radius 1 is 1.10 bits per heavy atom. The Balaban J connectivity index is 2.77. The van der Waals surface area contributed by atoms with Gasteiger partial charge in [-0.15, -0.1) is 0 Å². The highest BCUT2D eigenvalue weighted by Gasteiger charge is 2.22. The zero-order chi connectivity index (χ0) is 15.8. The number of hydrogen-bond donors (Lipinski definition) is 3. The third-order valence-corrected chi connectivity index (χ3v) is 3.07. The van der Waals surface area contributed by atoms with Crippen LogP contribution in [0.25, 0.3) is 0 Å². The molecule has 0 aromatic heterocycles. The van der Waals surface area contributed by atoms with Gasteiger partial charge in [0, 0.05) is 12.1 Å². The van der Waals surface area contributed by atoms with Crippen LogP contribution in [0, 0.1) is 0 Å². The zero-order valence-electron chi connectivity index (χ0n) is 11.8. The second-order valence-electron chi connectivity index (χ2n) is 4.66. The predicted molar refractivity (Wildman–Crippen MR) is 76.4 cm³/mol. The number of carboxylic acid groups (broad SMARTS) is 2. The molecule has 0 saturated heterocycles. The summed E-state index contributed by atoms with van der Waals surface area (Å²) in [5.74, 6) is -2.46. The van der Waals surface area contributed by atoms with Crippen molar-refractivity contribution in [2.75, 3.05) is 6.54 Å². The molecule has 0 aliphatic heterocycles. The van der Waals surface area contributed by atoms with E-state index in [1.807, 2.05) is 19.1 Å². The van der Waals surface area contributed by atoms with Crippen molar-refractivity contribution >= 4 is 17.7 Å². The lowest BCUT2D eigenvalue weighted by Gasteiger charge is -2.15. The molecule has 0 heterocycles. The largest absolute Gasteiger partial charge is 0.481 e. The molecule has 1 aromatic rings. The van der Waals surface area contributed by atoms with E-state index in [0.29, 0.717) is 5.56 Å². The lowest BCUT2D eigenvalue weighted by molar-refractivity contribution is -0.137. The smallest absolute Gasteiger partial charge is 0.305 e. The van der Waals surface area contributed by atoms with E-state index in [1.165, 1.54) is 0 Å². The fourth-order valence-electron chi connectivity index (χ4n) is 1.89. The molecule has 21 heavy (non-hydrogen) atoms. The summed E-state index contributed by atoms with van der Waals surface area (Å²) in [6.45, 7) is 2.05. The third-order valence-electron chi connectivity index (χ3n) is 3.07. The highest BCUT2D eigenvalue weighted by molar-refractivity contribution is 6.01. The molecular weight excluding hydrogens is 274 g/mol. The Hall–Kier alpha value is -2.21. The zero-order valence-corrected chi connectivity index (χ0v) is 11.8. The molecule has 0 radical (unpaired) electrons. The minimum Gasteiger partial charge on any atom is -0.481 e. The van der Waals surface area contributed by atoms with Gasteiger partial charge < -0.3 is 15.5 Å². The van der Waals surface area contributed by atoms with Crippen LogP contribution in [0.5, 0.6) is 0 Å². The number of benzene rings is 1. The summed E-state index contributed by atoms with van der Waals surface area (Å²) in [6, 6.07) is 6.04. The molecule has 1 unspecified atom stereocenters. The van der Waals surface area contributed by atoms with Crippen LogP contribution in [-0.2, 0) is 16.0 Å². The summed E-state index contributed by atoms with van der Waals surface area (Å²) in [6.07, 6.45) is 0.302. The molecule has 1 rings (SSSR count). The lowest BCUT2D eigenvalue weighted by atomic mass is 9.99. The first-order valence-electron chi connectivity index (χ1n) is 6.74. The number of Topliss-reactive ketones (excluding diaryl/α,β-unsaturated/α-hetero) is 1. The van der Waals surface area contributed by atoms with Gasteiger partial charge in [-0.25, -0.2) is 0 Å². The Kier molecular flexibility index (Phi) is 6.55. The number of aryl methyl sites for hydroxylation is 1. The summed E-state index contributed by atoms with van der Waals surface area (Å²) in [5.41, 5.74) is 1.50. The van der Waals surface area contributed by atoms with Gasteiger partial charge >= 0.3 is 11.9 Å². The molecule has 0 bridgehead atoms. The second kappa shape index (κ2) is 8.16. The maximum absolute atomic E-state index is 12.3. The van der Waals surface area contributed by atoms with Gasteiger partial charge in [0.2, 0.25) is 0 Å². The molecule has 0 spiro atoms. The van der Waals surface area contributed by atoms with Gasteiger partial charge in [0.1, 0.15) is 0 Å². The minimum atomic E-state index is -1.11. The lowest BCUT2D eigenvalue weighted by Crippen LogP contribution is -2.39. The fourth-order valence-corrected chi connectivity index (χ4v) is 1.89. The van der Waals surface area contributed by atoms with Crippen molar-refractivity contribution in [3.05, 3.63) is 35.4 Å². The first kappa shape index (κ1) is 16.8. The predicted octanol–water partition coefficient (Wildman–Crippen LogP) is 1.34. The summed E-state index contributed by atoms with van der Waals surface area (Å²) < 4.78 is 0. The minimum absolute atomic E-state index is 0.0477. The van der Waals surface area contributed by atoms with E-state index >= 15 is 0 Å². The van der Waals surface area contributed by atoms with Crippen LogP contribution < -0.4 is 5.32 Å². The summed E-state index contributed by atoms with van der Waals surface area (Å²) in [5, 5.41) is 20.1. The molecule has 114 valence electrons. The average molecular weight is 293 g/mol. The van der Waals surface area contributed by atoms with Crippen molar-refractivity contribution in [1.29, 1.82) is 0 Å². The van der Waals surface area contributed by atoms with Crippen LogP contribution in [0.2, 0.25) is 0 Å². The van der Waals surface area contributed by atoms with Crippen molar-refractivity contribution < 1.29 is 24.6 Å².